The molecule has 0 saturated carbocycles. The molecule has 2 aromatic carbocycles. The average molecular weight is 210 g/mol. The minimum absolute atomic E-state index is 1.02. The third-order valence-electron chi connectivity index (χ3n) is 2.13. The highest BCUT2D eigenvalue weighted by Crippen LogP contribution is 2.17. The fraction of sp³-hybridized carbons (Fsp3) is 0.143. The van der Waals surface area contributed by atoms with Crippen molar-refractivity contribution in [1.82, 2.24) is 0 Å². The predicted octanol–water partition coefficient (Wildman–Crippen LogP) is 3.58. The second-order valence-electron chi connectivity index (χ2n) is 3.25. The van der Waals surface area contributed by atoms with Crippen LogP contribution in [0, 0.1) is 31.2 Å². The van der Waals surface area contributed by atoms with Gasteiger partial charge in [0.05, 0.1) is 4.90 Å². The van der Waals surface area contributed by atoms with Crippen molar-refractivity contribution in [3.63, 3.8) is 0 Å². The van der Waals surface area contributed by atoms with Crippen LogP contribution >= 0.6 is 11.8 Å². The summed E-state index contributed by atoms with van der Waals surface area (Å²) in [6.45, 7) is 2.01. The molecule has 0 aliphatic heterocycles. The number of rotatable bonds is 2. The zero-order chi connectivity index (χ0) is 10.7. The first-order valence-corrected chi connectivity index (χ1v) is 5.91. The number of hydrogen-bond acceptors (Lipinski definition) is 1. The van der Waals surface area contributed by atoms with E-state index in [1.807, 2.05) is 37.4 Å². The summed E-state index contributed by atoms with van der Waals surface area (Å²) in [6.07, 6.45) is 2.03. The van der Waals surface area contributed by atoms with E-state index in [-0.39, 0.29) is 0 Å². The van der Waals surface area contributed by atoms with Gasteiger partial charge in [0.25, 0.3) is 0 Å². The summed E-state index contributed by atoms with van der Waals surface area (Å²) in [7, 11) is 0. The van der Waals surface area contributed by atoms with E-state index >= 15 is 0 Å². The van der Waals surface area contributed by atoms with Crippen molar-refractivity contribution >= 4 is 11.8 Å². The Morgan fingerprint density at radius 3 is 2.00 bits per heavy atom. The Morgan fingerprint density at radius 1 is 0.867 bits per heavy atom. The van der Waals surface area contributed by atoms with E-state index in [1.54, 1.807) is 11.8 Å². The molecule has 0 saturated heterocycles. The molecule has 0 aliphatic carbocycles. The molecule has 2 rings (SSSR count). The first-order chi connectivity index (χ1) is 7.29. The smallest absolute Gasteiger partial charge is 0.0574 e. The molecule has 2 aromatic rings. The monoisotopic (exact) mass is 210 g/mol. The van der Waals surface area contributed by atoms with Gasteiger partial charge in [0.15, 0.2) is 0 Å². The van der Waals surface area contributed by atoms with Crippen LogP contribution in [0.25, 0.3) is 11.1 Å². The van der Waals surface area contributed by atoms with E-state index < -0.39 is 0 Å². The molecule has 0 unspecified atom stereocenters. The molecule has 0 aliphatic rings. The fourth-order valence-electron chi connectivity index (χ4n) is 1.26. The van der Waals surface area contributed by atoms with Gasteiger partial charge in [-0.25, -0.2) is 0 Å². The largest absolute Gasteiger partial charge is 0.121 e. The van der Waals surface area contributed by atoms with Crippen molar-refractivity contribution in [2.75, 3.05) is 6.26 Å². The summed E-state index contributed by atoms with van der Waals surface area (Å²) in [5, 5.41) is 0. The third kappa shape index (κ3) is 2.27. The van der Waals surface area contributed by atoms with Gasteiger partial charge < -0.3 is 0 Å². The Kier molecular flexibility index (Phi) is 2.86. The first-order valence-electron chi connectivity index (χ1n) is 4.68. The summed E-state index contributed by atoms with van der Waals surface area (Å²) >= 11 is 1.67. The summed E-state index contributed by atoms with van der Waals surface area (Å²) in [4.78, 5) is 1.11. The molecule has 0 radical (unpaired) electrons. The van der Waals surface area contributed by atoms with E-state index in [2.05, 4.69) is 24.3 Å². The Labute approximate surface area is 95.3 Å². The van der Waals surface area contributed by atoms with Gasteiger partial charge in [-0.05, 0) is 43.0 Å². The predicted molar refractivity (Wildman–Crippen MR) is 63.7 cm³/mol. The van der Waals surface area contributed by atoms with Crippen LogP contribution in [0.15, 0.2) is 29.2 Å². The molecule has 15 heavy (non-hydrogen) atoms. The minimum Gasteiger partial charge on any atom is -0.121 e. The van der Waals surface area contributed by atoms with Crippen LogP contribution < -0.4 is 0 Å². The van der Waals surface area contributed by atoms with Crippen molar-refractivity contribution in [3.8, 4) is 11.1 Å². The normalized spacial score (nSPS) is 9.20. The molecule has 0 amide bonds. The van der Waals surface area contributed by atoms with Crippen LogP contribution in [0.5, 0.6) is 0 Å². The SMILES string of the molecule is CSc1c#cc(-c2c#cc(C)cc2)cc1. The number of hydrogen-bond donors (Lipinski definition) is 0. The molecule has 0 aromatic heterocycles. The van der Waals surface area contributed by atoms with Gasteiger partial charge >= 0.3 is 0 Å². The van der Waals surface area contributed by atoms with Gasteiger partial charge in [-0.3, -0.25) is 0 Å². The standard InChI is InChI=1S/C14H10S/c1-11-3-5-12(6-4-11)13-7-9-14(15-2)10-8-13/h3,5,7,9H,1-2H3. The average Bonchev–Trinajstić information content (AvgIpc) is 2.30. The molecule has 0 N–H and O–H groups in total. The zero-order valence-corrected chi connectivity index (χ0v) is 9.53. The summed E-state index contributed by atoms with van der Waals surface area (Å²) in [6, 6.07) is 20.5. The summed E-state index contributed by atoms with van der Waals surface area (Å²) < 4.78 is 0. The summed E-state index contributed by atoms with van der Waals surface area (Å²) in [5.74, 6) is 0. The molecular formula is C14H10S. The highest BCUT2D eigenvalue weighted by Gasteiger charge is 1.95. The van der Waals surface area contributed by atoms with Crippen molar-refractivity contribution in [3.05, 3.63) is 54.1 Å². The van der Waals surface area contributed by atoms with Gasteiger partial charge in [0.2, 0.25) is 0 Å². The minimum atomic E-state index is 1.02. The van der Waals surface area contributed by atoms with Crippen LogP contribution in [0.1, 0.15) is 5.56 Å². The molecule has 0 nitrogen and oxygen atoms in total. The fourth-order valence-corrected chi connectivity index (χ4v) is 1.62. The van der Waals surface area contributed by atoms with E-state index in [0.29, 0.717) is 0 Å². The van der Waals surface area contributed by atoms with Gasteiger partial charge in [-0.1, -0.05) is 24.3 Å². The van der Waals surface area contributed by atoms with Crippen LogP contribution in [0.3, 0.4) is 0 Å². The van der Waals surface area contributed by atoms with Gasteiger partial charge in [0.1, 0.15) is 0 Å². The lowest BCUT2D eigenvalue weighted by atomic mass is 10.1. The van der Waals surface area contributed by atoms with Gasteiger partial charge in [0, 0.05) is 11.1 Å². The lowest BCUT2D eigenvalue weighted by molar-refractivity contribution is 1.46. The van der Waals surface area contributed by atoms with Crippen molar-refractivity contribution in [2.45, 2.75) is 11.8 Å². The molecule has 0 fully saturated rings. The number of aryl methyl sites for hydroxylation is 1. The van der Waals surface area contributed by atoms with E-state index in [0.717, 1.165) is 21.6 Å². The molecule has 72 valence electrons. The Bertz CT molecular complexity index is 426. The van der Waals surface area contributed by atoms with Crippen LogP contribution in [0.4, 0.5) is 0 Å². The maximum Gasteiger partial charge on any atom is 0.0574 e. The maximum absolute atomic E-state index is 3.13. The molecular weight excluding hydrogens is 200 g/mol. The van der Waals surface area contributed by atoms with Crippen LogP contribution in [-0.2, 0) is 0 Å². The van der Waals surface area contributed by atoms with Gasteiger partial charge in [-0.15, -0.1) is 11.8 Å². The third-order valence-corrected chi connectivity index (χ3v) is 2.80. The maximum atomic E-state index is 3.13. The second-order valence-corrected chi connectivity index (χ2v) is 4.09. The number of thioether (sulfide) groups is 1. The Hall–Kier alpha value is -1.57. The molecule has 0 heterocycles. The zero-order valence-electron chi connectivity index (χ0n) is 8.72. The van der Waals surface area contributed by atoms with E-state index in [1.165, 1.54) is 0 Å². The van der Waals surface area contributed by atoms with Gasteiger partial charge in [-0.2, -0.15) is 0 Å². The highest BCUT2D eigenvalue weighted by atomic mass is 32.2. The molecule has 0 atom stereocenters. The Morgan fingerprint density at radius 2 is 1.53 bits per heavy atom. The van der Waals surface area contributed by atoms with Crippen molar-refractivity contribution in [2.24, 2.45) is 0 Å². The quantitative estimate of drug-likeness (QED) is 0.683. The van der Waals surface area contributed by atoms with Crippen molar-refractivity contribution < 1.29 is 0 Å². The van der Waals surface area contributed by atoms with Crippen LogP contribution in [0.2, 0.25) is 0 Å². The second kappa shape index (κ2) is 4.30. The molecule has 1 heteroatoms. The lowest BCUT2D eigenvalue weighted by Gasteiger charge is -1.95. The first kappa shape index (κ1) is 9.97. The lowest BCUT2D eigenvalue weighted by Crippen LogP contribution is -1.75. The molecule has 0 spiro atoms. The summed E-state index contributed by atoms with van der Waals surface area (Å²) in [5.41, 5.74) is 3.14. The van der Waals surface area contributed by atoms with E-state index in [9.17, 15) is 0 Å². The highest BCUT2D eigenvalue weighted by molar-refractivity contribution is 7.98. The van der Waals surface area contributed by atoms with Crippen LogP contribution in [-0.4, -0.2) is 6.26 Å². The van der Waals surface area contributed by atoms with Crippen molar-refractivity contribution in [1.29, 1.82) is 0 Å². The van der Waals surface area contributed by atoms with E-state index in [4.69, 9.17) is 0 Å². The Balaban J connectivity index is 2.33. The topological polar surface area (TPSA) is 0 Å². The molecule has 0 bridgehead atoms.